The fourth-order valence-electron chi connectivity index (χ4n) is 2.26. The fourth-order valence-corrected chi connectivity index (χ4v) is 2.26. The van der Waals surface area contributed by atoms with Gasteiger partial charge in [0.1, 0.15) is 0 Å². The third-order valence-corrected chi connectivity index (χ3v) is 2.94. The maximum atomic E-state index is 5.95. The molecular weight excluding hydrogens is 200 g/mol. The molecule has 2 atom stereocenters. The van der Waals surface area contributed by atoms with E-state index < -0.39 is 0 Å². The molecule has 1 N–H and O–H groups in total. The highest BCUT2D eigenvalue weighted by Crippen LogP contribution is 2.20. The first-order valence-electron chi connectivity index (χ1n) is 6.26. The number of nitrogens with zero attached hydrogens (tertiary/aromatic N) is 1. The summed E-state index contributed by atoms with van der Waals surface area (Å²) in [4.78, 5) is 2.31. The minimum absolute atomic E-state index is 0.373. The van der Waals surface area contributed by atoms with Crippen LogP contribution in [-0.4, -0.2) is 50.3 Å². The van der Waals surface area contributed by atoms with Crippen molar-refractivity contribution in [2.75, 3.05) is 33.2 Å². The molecule has 1 aliphatic rings. The lowest BCUT2D eigenvalue weighted by Crippen LogP contribution is -2.34. The lowest BCUT2D eigenvalue weighted by Gasteiger charge is -2.23. The molecule has 0 bridgehead atoms. The van der Waals surface area contributed by atoms with Gasteiger partial charge in [-0.3, -0.25) is 4.90 Å². The molecule has 0 spiro atoms. The number of likely N-dealkylation sites (N-methyl/N-ethyl adjacent to an activating group) is 1. The molecule has 1 rings (SSSR count). The van der Waals surface area contributed by atoms with E-state index in [0.717, 1.165) is 39.0 Å². The maximum Gasteiger partial charge on any atom is 0.0707 e. The smallest absolute Gasteiger partial charge is 0.0707 e. The number of ether oxygens (including phenoxy) is 1. The molecule has 1 fully saturated rings. The van der Waals surface area contributed by atoms with Crippen LogP contribution >= 0.6 is 0 Å². The molecule has 0 radical (unpaired) electrons. The number of terminal acetylenes is 1. The second-order valence-electron chi connectivity index (χ2n) is 4.45. The highest BCUT2D eigenvalue weighted by molar-refractivity contribution is 4.89. The van der Waals surface area contributed by atoms with Gasteiger partial charge in [0.15, 0.2) is 0 Å². The van der Waals surface area contributed by atoms with Crippen LogP contribution in [0, 0.1) is 12.3 Å². The van der Waals surface area contributed by atoms with Crippen molar-refractivity contribution in [1.29, 1.82) is 0 Å². The summed E-state index contributed by atoms with van der Waals surface area (Å²) in [6.07, 6.45) is 9.61. The van der Waals surface area contributed by atoms with Crippen LogP contribution in [0.4, 0.5) is 0 Å². The number of rotatable bonds is 7. The average Bonchev–Trinajstić information content (AvgIpc) is 2.67. The monoisotopic (exact) mass is 224 g/mol. The molecule has 92 valence electrons. The van der Waals surface area contributed by atoms with Crippen LogP contribution in [0.2, 0.25) is 0 Å². The summed E-state index contributed by atoms with van der Waals surface area (Å²) in [5, 5.41) is 3.16. The first kappa shape index (κ1) is 13.5. The Bertz CT molecular complexity index is 224. The largest absolute Gasteiger partial charge is 0.372 e. The average molecular weight is 224 g/mol. The molecule has 1 saturated heterocycles. The van der Waals surface area contributed by atoms with Crippen molar-refractivity contribution < 1.29 is 4.74 Å². The highest BCUT2D eigenvalue weighted by atomic mass is 16.5. The van der Waals surface area contributed by atoms with Gasteiger partial charge < -0.3 is 10.1 Å². The summed E-state index contributed by atoms with van der Waals surface area (Å²) in [6, 6.07) is 0. The minimum Gasteiger partial charge on any atom is -0.372 e. The van der Waals surface area contributed by atoms with Gasteiger partial charge in [-0.1, -0.05) is 12.8 Å². The summed E-state index contributed by atoms with van der Waals surface area (Å²) < 4.78 is 5.95. The summed E-state index contributed by atoms with van der Waals surface area (Å²) in [6.45, 7) is 5.94. The van der Waals surface area contributed by atoms with Crippen molar-refractivity contribution in [1.82, 2.24) is 10.2 Å². The Hall–Kier alpha value is -0.560. The molecule has 1 aliphatic heterocycles. The van der Waals surface area contributed by atoms with Crippen LogP contribution in [0.3, 0.4) is 0 Å². The van der Waals surface area contributed by atoms with E-state index in [1.807, 2.05) is 7.05 Å². The Kier molecular flexibility index (Phi) is 6.47. The van der Waals surface area contributed by atoms with Gasteiger partial charge in [0, 0.05) is 13.1 Å². The predicted octanol–water partition coefficient (Wildman–Crippen LogP) is 1.10. The zero-order valence-corrected chi connectivity index (χ0v) is 10.5. The molecule has 0 aliphatic carbocycles. The van der Waals surface area contributed by atoms with Gasteiger partial charge in [0.25, 0.3) is 0 Å². The van der Waals surface area contributed by atoms with Gasteiger partial charge in [-0.15, -0.1) is 6.42 Å². The van der Waals surface area contributed by atoms with Crippen molar-refractivity contribution in [3.05, 3.63) is 0 Å². The van der Waals surface area contributed by atoms with E-state index in [1.165, 1.54) is 6.42 Å². The van der Waals surface area contributed by atoms with E-state index in [1.54, 1.807) is 0 Å². The summed E-state index contributed by atoms with van der Waals surface area (Å²) in [7, 11) is 1.97. The van der Waals surface area contributed by atoms with Crippen LogP contribution in [0.25, 0.3) is 0 Å². The Morgan fingerprint density at radius 3 is 2.81 bits per heavy atom. The highest BCUT2D eigenvalue weighted by Gasteiger charge is 2.25. The Labute approximate surface area is 99.5 Å². The van der Waals surface area contributed by atoms with Crippen LogP contribution in [0.5, 0.6) is 0 Å². The normalized spacial score (nSPS) is 24.9. The second-order valence-corrected chi connectivity index (χ2v) is 4.45. The molecular formula is C13H24N2O. The van der Waals surface area contributed by atoms with E-state index >= 15 is 0 Å². The topological polar surface area (TPSA) is 24.5 Å². The molecule has 0 amide bonds. The van der Waals surface area contributed by atoms with Crippen molar-refractivity contribution in [3.63, 3.8) is 0 Å². The van der Waals surface area contributed by atoms with E-state index in [2.05, 4.69) is 23.1 Å². The Morgan fingerprint density at radius 1 is 1.44 bits per heavy atom. The van der Waals surface area contributed by atoms with Crippen molar-refractivity contribution in [2.45, 2.75) is 38.4 Å². The van der Waals surface area contributed by atoms with E-state index in [-0.39, 0.29) is 0 Å². The Morgan fingerprint density at radius 2 is 2.19 bits per heavy atom. The van der Waals surface area contributed by atoms with E-state index in [0.29, 0.717) is 12.2 Å². The zero-order chi connectivity index (χ0) is 11.8. The molecule has 0 saturated carbocycles. The van der Waals surface area contributed by atoms with Gasteiger partial charge in [-0.2, -0.15) is 0 Å². The van der Waals surface area contributed by atoms with Crippen molar-refractivity contribution in [3.8, 4) is 12.3 Å². The van der Waals surface area contributed by atoms with Gasteiger partial charge in [-0.05, 0) is 32.9 Å². The van der Waals surface area contributed by atoms with Gasteiger partial charge >= 0.3 is 0 Å². The number of hydrogen-bond acceptors (Lipinski definition) is 3. The van der Waals surface area contributed by atoms with Crippen LogP contribution in [-0.2, 0) is 4.74 Å². The van der Waals surface area contributed by atoms with Gasteiger partial charge in [0.2, 0.25) is 0 Å². The summed E-state index contributed by atoms with van der Waals surface area (Å²) in [5.41, 5.74) is 0. The number of nitrogens with one attached hydrogen (secondary N) is 1. The first-order valence-corrected chi connectivity index (χ1v) is 6.26. The van der Waals surface area contributed by atoms with Gasteiger partial charge in [0.05, 0.1) is 18.8 Å². The minimum atomic E-state index is 0.373. The van der Waals surface area contributed by atoms with Crippen LogP contribution < -0.4 is 5.32 Å². The summed E-state index contributed by atoms with van der Waals surface area (Å²) >= 11 is 0. The lowest BCUT2D eigenvalue weighted by atomic mass is 10.2. The van der Waals surface area contributed by atoms with Crippen LogP contribution in [0.1, 0.15) is 26.2 Å². The molecule has 2 unspecified atom stereocenters. The molecule has 0 aromatic carbocycles. The quantitative estimate of drug-likeness (QED) is 0.655. The predicted molar refractivity (Wildman–Crippen MR) is 67.4 cm³/mol. The third-order valence-electron chi connectivity index (χ3n) is 2.94. The maximum absolute atomic E-state index is 5.95. The molecule has 3 nitrogen and oxygen atoms in total. The first-order chi connectivity index (χ1) is 7.80. The van der Waals surface area contributed by atoms with E-state index in [9.17, 15) is 0 Å². The zero-order valence-electron chi connectivity index (χ0n) is 10.5. The fraction of sp³-hybridized carbons (Fsp3) is 0.846. The standard InChI is InChI=1S/C13H24N2O/c1-4-8-15(9-5-2)11-13-7-6-12(16-13)10-14-3/h1,12-14H,5-11H2,2-3H3. The molecule has 16 heavy (non-hydrogen) atoms. The summed E-state index contributed by atoms with van der Waals surface area (Å²) in [5.74, 6) is 2.72. The second kappa shape index (κ2) is 7.67. The van der Waals surface area contributed by atoms with Crippen molar-refractivity contribution in [2.24, 2.45) is 0 Å². The SMILES string of the molecule is C#CCN(CCC)CC1CCC(CNC)O1. The Balaban J connectivity index is 2.27. The van der Waals surface area contributed by atoms with Gasteiger partial charge in [-0.25, -0.2) is 0 Å². The third kappa shape index (κ3) is 4.52. The molecule has 1 heterocycles. The van der Waals surface area contributed by atoms with Crippen LogP contribution in [0.15, 0.2) is 0 Å². The molecule has 0 aromatic rings. The van der Waals surface area contributed by atoms with Crippen molar-refractivity contribution >= 4 is 0 Å². The molecule has 0 aromatic heterocycles. The molecule has 3 heteroatoms. The lowest BCUT2D eigenvalue weighted by molar-refractivity contribution is 0.0266. The number of hydrogen-bond donors (Lipinski definition) is 1. The van der Waals surface area contributed by atoms with E-state index in [4.69, 9.17) is 11.2 Å².